The lowest BCUT2D eigenvalue weighted by atomic mass is 10.0. The molecule has 1 amide bonds. The Bertz CT molecular complexity index is 495. The van der Waals surface area contributed by atoms with Crippen molar-refractivity contribution in [2.45, 2.75) is 32.7 Å². The summed E-state index contributed by atoms with van der Waals surface area (Å²) in [5.41, 5.74) is 1.89. The standard InChI is InChI=1S/C13H19N3O3/c1-8-11(7-16(2)15-8)6-14-12(17)9-3-4-10(5-9)13(18)19/h7,9-10H,3-6H2,1-2H3,(H,14,17)(H,18,19)/t9-,10+/m1/s1. The number of hydrogen-bond acceptors (Lipinski definition) is 3. The van der Waals surface area contributed by atoms with Crippen LogP contribution in [0.3, 0.4) is 0 Å². The largest absolute Gasteiger partial charge is 0.481 e. The van der Waals surface area contributed by atoms with Gasteiger partial charge in [0.15, 0.2) is 0 Å². The molecule has 1 aromatic rings. The van der Waals surface area contributed by atoms with Gasteiger partial charge in [0.05, 0.1) is 11.6 Å². The Morgan fingerprint density at radius 3 is 2.68 bits per heavy atom. The molecule has 1 heterocycles. The Morgan fingerprint density at radius 1 is 1.47 bits per heavy atom. The van der Waals surface area contributed by atoms with E-state index in [4.69, 9.17) is 5.11 Å². The summed E-state index contributed by atoms with van der Waals surface area (Å²) in [6.45, 7) is 2.35. The first kappa shape index (κ1) is 13.6. The number of aryl methyl sites for hydroxylation is 2. The highest BCUT2D eigenvalue weighted by atomic mass is 16.4. The molecule has 0 aromatic carbocycles. The molecule has 1 aliphatic carbocycles. The molecule has 0 aliphatic heterocycles. The van der Waals surface area contributed by atoms with Gasteiger partial charge in [-0.3, -0.25) is 14.3 Å². The molecule has 104 valence electrons. The molecular weight excluding hydrogens is 246 g/mol. The van der Waals surface area contributed by atoms with Gasteiger partial charge in [-0.05, 0) is 26.2 Å². The van der Waals surface area contributed by atoms with E-state index in [-0.39, 0.29) is 17.7 Å². The summed E-state index contributed by atoms with van der Waals surface area (Å²) in [7, 11) is 1.84. The second-order valence-electron chi connectivity index (χ2n) is 5.18. The normalized spacial score (nSPS) is 22.4. The Hall–Kier alpha value is -1.85. The van der Waals surface area contributed by atoms with Crippen molar-refractivity contribution in [2.24, 2.45) is 18.9 Å². The third-order valence-corrected chi connectivity index (χ3v) is 3.72. The molecule has 1 aromatic heterocycles. The lowest BCUT2D eigenvalue weighted by Crippen LogP contribution is -2.29. The first-order valence-electron chi connectivity index (χ1n) is 6.47. The summed E-state index contributed by atoms with van der Waals surface area (Å²) in [5.74, 6) is -1.38. The zero-order valence-electron chi connectivity index (χ0n) is 11.2. The Labute approximate surface area is 111 Å². The number of carboxylic acids is 1. The Kier molecular flexibility index (Phi) is 3.87. The molecule has 2 rings (SSSR count). The second-order valence-corrected chi connectivity index (χ2v) is 5.18. The van der Waals surface area contributed by atoms with E-state index in [2.05, 4.69) is 10.4 Å². The minimum atomic E-state index is -0.793. The maximum Gasteiger partial charge on any atom is 0.306 e. The fraction of sp³-hybridized carbons (Fsp3) is 0.615. The second kappa shape index (κ2) is 5.42. The molecular formula is C13H19N3O3. The molecule has 6 nitrogen and oxygen atoms in total. The van der Waals surface area contributed by atoms with Gasteiger partial charge in [0, 0.05) is 31.3 Å². The monoisotopic (exact) mass is 265 g/mol. The predicted octanol–water partition coefficient (Wildman–Crippen LogP) is 0.846. The van der Waals surface area contributed by atoms with E-state index in [9.17, 15) is 9.59 Å². The van der Waals surface area contributed by atoms with Gasteiger partial charge >= 0.3 is 5.97 Å². The number of aliphatic carboxylic acids is 1. The smallest absolute Gasteiger partial charge is 0.306 e. The molecule has 0 bridgehead atoms. The average Bonchev–Trinajstić information content (AvgIpc) is 2.93. The van der Waals surface area contributed by atoms with Gasteiger partial charge < -0.3 is 10.4 Å². The number of rotatable bonds is 4. The molecule has 19 heavy (non-hydrogen) atoms. The van der Waals surface area contributed by atoms with Crippen LogP contribution in [0.25, 0.3) is 0 Å². The summed E-state index contributed by atoms with van der Waals surface area (Å²) in [4.78, 5) is 22.8. The molecule has 1 saturated carbocycles. The van der Waals surface area contributed by atoms with Crippen molar-refractivity contribution in [1.29, 1.82) is 0 Å². The van der Waals surface area contributed by atoms with Gasteiger partial charge in [-0.2, -0.15) is 5.10 Å². The van der Waals surface area contributed by atoms with Crippen LogP contribution in [0.15, 0.2) is 6.20 Å². The molecule has 6 heteroatoms. The summed E-state index contributed by atoms with van der Waals surface area (Å²) in [6, 6.07) is 0. The number of carboxylic acid groups (broad SMARTS) is 1. The SMILES string of the molecule is Cc1nn(C)cc1CNC(=O)[C@@H]1CC[C@H](C(=O)O)C1. The number of aromatic nitrogens is 2. The first-order valence-corrected chi connectivity index (χ1v) is 6.47. The molecule has 2 atom stereocenters. The highest BCUT2D eigenvalue weighted by Crippen LogP contribution is 2.31. The minimum Gasteiger partial charge on any atom is -0.481 e. The van der Waals surface area contributed by atoms with Crippen molar-refractivity contribution in [3.05, 3.63) is 17.5 Å². The number of nitrogens with zero attached hydrogens (tertiary/aromatic N) is 2. The minimum absolute atomic E-state index is 0.0491. The van der Waals surface area contributed by atoms with E-state index < -0.39 is 5.97 Å². The van der Waals surface area contributed by atoms with E-state index >= 15 is 0 Å². The van der Waals surface area contributed by atoms with Crippen molar-refractivity contribution >= 4 is 11.9 Å². The fourth-order valence-corrected chi connectivity index (χ4v) is 2.59. The third kappa shape index (κ3) is 3.13. The average molecular weight is 265 g/mol. The maximum absolute atomic E-state index is 12.0. The first-order chi connectivity index (χ1) is 8.97. The lowest BCUT2D eigenvalue weighted by Gasteiger charge is -2.10. The van der Waals surface area contributed by atoms with E-state index in [1.54, 1.807) is 4.68 Å². The number of hydrogen-bond donors (Lipinski definition) is 2. The topological polar surface area (TPSA) is 84.2 Å². The predicted molar refractivity (Wildman–Crippen MR) is 68.3 cm³/mol. The Balaban J connectivity index is 1.85. The molecule has 0 saturated heterocycles. The zero-order valence-corrected chi connectivity index (χ0v) is 11.2. The van der Waals surface area contributed by atoms with Gasteiger partial charge in [0.25, 0.3) is 0 Å². The van der Waals surface area contributed by atoms with Crippen LogP contribution in [-0.4, -0.2) is 26.8 Å². The number of carbonyl (C=O) groups is 2. The lowest BCUT2D eigenvalue weighted by molar-refractivity contribution is -0.141. The third-order valence-electron chi connectivity index (χ3n) is 3.72. The van der Waals surface area contributed by atoms with Gasteiger partial charge in [0.2, 0.25) is 5.91 Å². The van der Waals surface area contributed by atoms with E-state index in [0.29, 0.717) is 25.8 Å². The molecule has 0 unspecified atom stereocenters. The highest BCUT2D eigenvalue weighted by Gasteiger charge is 2.33. The molecule has 2 N–H and O–H groups in total. The molecule has 0 spiro atoms. The highest BCUT2D eigenvalue weighted by molar-refractivity contribution is 5.80. The molecule has 0 radical (unpaired) electrons. The fourth-order valence-electron chi connectivity index (χ4n) is 2.59. The summed E-state index contributed by atoms with van der Waals surface area (Å²) >= 11 is 0. The van der Waals surface area contributed by atoms with Crippen molar-refractivity contribution in [3.63, 3.8) is 0 Å². The molecule has 1 fully saturated rings. The van der Waals surface area contributed by atoms with Crippen molar-refractivity contribution in [3.8, 4) is 0 Å². The van der Waals surface area contributed by atoms with Crippen molar-refractivity contribution in [1.82, 2.24) is 15.1 Å². The van der Waals surface area contributed by atoms with Gasteiger partial charge in [-0.25, -0.2) is 0 Å². The van der Waals surface area contributed by atoms with E-state index in [1.807, 2.05) is 20.2 Å². The van der Waals surface area contributed by atoms with Crippen LogP contribution in [0, 0.1) is 18.8 Å². The van der Waals surface area contributed by atoms with E-state index in [0.717, 1.165) is 11.3 Å². The van der Waals surface area contributed by atoms with Crippen molar-refractivity contribution in [2.75, 3.05) is 0 Å². The van der Waals surface area contributed by atoms with Gasteiger partial charge in [0.1, 0.15) is 0 Å². The van der Waals surface area contributed by atoms with Gasteiger partial charge in [-0.15, -0.1) is 0 Å². The summed E-state index contributed by atoms with van der Waals surface area (Å²) < 4.78 is 1.72. The summed E-state index contributed by atoms with van der Waals surface area (Å²) in [6.07, 6.45) is 3.59. The number of amides is 1. The van der Waals surface area contributed by atoms with Crippen LogP contribution < -0.4 is 5.32 Å². The van der Waals surface area contributed by atoms with Crippen molar-refractivity contribution < 1.29 is 14.7 Å². The Morgan fingerprint density at radius 2 is 2.16 bits per heavy atom. The van der Waals surface area contributed by atoms with Crippen LogP contribution in [0.4, 0.5) is 0 Å². The zero-order chi connectivity index (χ0) is 14.0. The van der Waals surface area contributed by atoms with Gasteiger partial charge in [-0.1, -0.05) is 0 Å². The van der Waals surface area contributed by atoms with Crippen LogP contribution in [0.2, 0.25) is 0 Å². The number of carbonyl (C=O) groups excluding carboxylic acids is 1. The summed E-state index contributed by atoms with van der Waals surface area (Å²) in [5, 5.41) is 16.0. The maximum atomic E-state index is 12.0. The van der Waals surface area contributed by atoms with Crippen LogP contribution >= 0.6 is 0 Å². The van der Waals surface area contributed by atoms with Crippen LogP contribution in [0.5, 0.6) is 0 Å². The quantitative estimate of drug-likeness (QED) is 0.845. The van der Waals surface area contributed by atoms with Crippen LogP contribution in [0.1, 0.15) is 30.5 Å². The number of nitrogens with one attached hydrogen (secondary N) is 1. The van der Waals surface area contributed by atoms with Crippen LogP contribution in [-0.2, 0) is 23.2 Å². The van der Waals surface area contributed by atoms with E-state index in [1.165, 1.54) is 0 Å². The molecule has 1 aliphatic rings.